The summed E-state index contributed by atoms with van der Waals surface area (Å²) in [5, 5.41) is 2.86. The molecule has 2 atom stereocenters. The van der Waals surface area contributed by atoms with Gasteiger partial charge in [-0.1, -0.05) is 38.1 Å². The van der Waals surface area contributed by atoms with Crippen LogP contribution in [0.25, 0.3) is 0 Å². The largest absolute Gasteiger partial charge is 0.482 e. The van der Waals surface area contributed by atoms with Crippen molar-refractivity contribution in [3.8, 4) is 5.75 Å². The Balaban J connectivity index is 1.64. The lowest BCUT2D eigenvalue weighted by Gasteiger charge is -2.30. The zero-order valence-electron chi connectivity index (χ0n) is 30.4. The molecule has 0 spiro atoms. The Hall–Kier alpha value is -5.20. The minimum absolute atomic E-state index is 0.0731. The first-order valence-electron chi connectivity index (χ1n) is 16.8. The summed E-state index contributed by atoms with van der Waals surface area (Å²) in [5.74, 6) is -1.48. The number of aromatic nitrogens is 1. The van der Waals surface area contributed by atoms with Crippen LogP contribution in [0.4, 0.5) is 14.9 Å². The molecule has 13 heteroatoms. The Kier molecular flexibility index (Phi) is 11.9. The second-order valence-corrected chi connectivity index (χ2v) is 14.3. The number of likely N-dealkylation sites (N-methyl/N-ethyl adjacent to an activating group) is 1. The van der Waals surface area contributed by atoms with Gasteiger partial charge in [0.05, 0.1) is 12.3 Å². The number of aromatic amines is 1. The molecule has 51 heavy (non-hydrogen) atoms. The number of hydrogen-bond donors (Lipinski definition) is 2. The van der Waals surface area contributed by atoms with Crippen LogP contribution in [0.1, 0.15) is 70.9 Å². The summed E-state index contributed by atoms with van der Waals surface area (Å²) in [6.07, 6.45) is -0.409. The minimum Gasteiger partial charge on any atom is -0.482 e. The second kappa shape index (κ2) is 15.8. The van der Waals surface area contributed by atoms with E-state index in [4.69, 9.17) is 14.2 Å². The third-order valence-electron chi connectivity index (χ3n) is 8.47. The van der Waals surface area contributed by atoms with Crippen LogP contribution >= 0.6 is 0 Å². The molecule has 0 saturated heterocycles. The van der Waals surface area contributed by atoms with Gasteiger partial charge in [-0.3, -0.25) is 19.3 Å². The van der Waals surface area contributed by atoms with E-state index in [2.05, 4.69) is 10.3 Å². The van der Waals surface area contributed by atoms with Crippen LogP contribution in [0, 0.1) is 5.82 Å². The molecule has 4 rings (SSSR count). The van der Waals surface area contributed by atoms with Gasteiger partial charge in [0.15, 0.2) is 6.61 Å². The maximum Gasteiger partial charge on any atom is 0.410 e. The van der Waals surface area contributed by atoms with Crippen LogP contribution in [0.5, 0.6) is 5.75 Å². The van der Waals surface area contributed by atoms with Crippen molar-refractivity contribution in [2.75, 3.05) is 31.7 Å². The second-order valence-electron chi connectivity index (χ2n) is 14.3. The topological polar surface area (TPSA) is 147 Å². The van der Waals surface area contributed by atoms with E-state index < -0.39 is 52.8 Å². The molecule has 0 radical (unpaired) electrons. The lowest BCUT2D eigenvalue weighted by Crippen LogP contribution is -2.55. The number of anilines is 1. The van der Waals surface area contributed by atoms with Gasteiger partial charge in [0.25, 0.3) is 5.56 Å². The molecular weight excluding hydrogens is 659 g/mol. The molecule has 0 fully saturated rings. The van der Waals surface area contributed by atoms with Gasteiger partial charge in [-0.2, -0.15) is 0 Å². The van der Waals surface area contributed by atoms with Crippen molar-refractivity contribution in [2.45, 2.75) is 84.4 Å². The number of ether oxygens (including phenoxy) is 3. The Morgan fingerprint density at radius 3 is 2.27 bits per heavy atom. The highest BCUT2D eigenvalue weighted by molar-refractivity contribution is 6.02. The molecule has 3 amide bonds. The fraction of sp³-hybridized carbons (Fsp3) is 0.447. The number of amides is 3. The van der Waals surface area contributed by atoms with Crippen molar-refractivity contribution < 1.29 is 37.8 Å². The van der Waals surface area contributed by atoms with Gasteiger partial charge >= 0.3 is 12.1 Å². The quantitative estimate of drug-likeness (QED) is 0.259. The number of nitrogens with one attached hydrogen (secondary N) is 2. The van der Waals surface area contributed by atoms with Crippen LogP contribution in [0.15, 0.2) is 59.4 Å². The third kappa shape index (κ3) is 9.95. The number of hydrogen-bond acceptors (Lipinski definition) is 8. The Morgan fingerprint density at radius 1 is 1.04 bits per heavy atom. The average Bonchev–Trinajstić information content (AvgIpc) is 3.32. The first kappa shape index (κ1) is 38.6. The van der Waals surface area contributed by atoms with E-state index in [0.717, 1.165) is 5.56 Å². The maximum atomic E-state index is 14.5. The first-order chi connectivity index (χ1) is 23.9. The number of pyridine rings is 1. The molecule has 12 nitrogen and oxygen atoms in total. The molecule has 0 bridgehead atoms. The van der Waals surface area contributed by atoms with E-state index in [1.165, 1.54) is 31.0 Å². The van der Waals surface area contributed by atoms with Crippen LogP contribution < -0.4 is 20.5 Å². The molecule has 1 aliphatic rings. The SMILES string of the molecule is CCOC(=O)COc1ccc(C[C@H](NC(=O)[C@H](C)N(C)C(=O)OC(C)(C)C)C(=O)N2CC(C)(C)c3[nH]c(=O)c(Cc4ccc(F)cc4)cc32)cc1. The summed E-state index contributed by atoms with van der Waals surface area (Å²) < 4.78 is 29.4. The van der Waals surface area contributed by atoms with Crippen molar-refractivity contribution in [1.82, 2.24) is 15.2 Å². The molecule has 3 aromatic rings. The van der Waals surface area contributed by atoms with Gasteiger partial charge in [0.1, 0.15) is 29.3 Å². The highest BCUT2D eigenvalue weighted by Gasteiger charge is 2.42. The monoisotopic (exact) mass is 706 g/mol. The number of esters is 1. The first-order valence-corrected chi connectivity index (χ1v) is 16.8. The van der Waals surface area contributed by atoms with E-state index in [1.807, 2.05) is 13.8 Å². The number of rotatable bonds is 12. The zero-order valence-corrected chi connectivity index (χ0v) is 30.4. The average molecular weight is 707 g/mol. The number of H-pyrrole nitrogens is 1. The fourth-order valence-electron chi connectivity index (χ4n) is 5.65. The molecule has 1 aliphatic heterocycles. The number of fused-ring (bicyclic) bond motifs is 1. The van der Waals surface area contributed by atoms with E-state index in [-0.39, 0.29) is 38.2 Å². The summed E-state index contributed by atoms with van der Waals surface area (Å²) in [4.78, 5) is 71.6. The highest BCUT2D eigenvalue weighted by atomic mass is 19.1. The Labute approximate surface area is 297 Å². The van der Waals surface area contributed by atoms with Crippen LogP contribution in [-0.2, 0) is 42.1 Å². The third-order valence-corrected chi connectivity index (χ3v) is 8.47. The van der Waals surface area contributed by atoms with E-state index in [9.17, 15) is 28.4 Å². The van der Waals surface area contributed by atoms with Crippen LogP contribution in [0.2, 0.25) is 0 Å². The van der Waals surface area contributed by atoms with Crippen molar-refractivity contribution in [2.24, 2.45) is 0 Å². The molecule has 0 unspecified atom stereocenters. The van der Waals surface area contributed by atoms with Gasteiger partial charge in [0, 0.05) is 43.1 Å². The van der Waals surface area contributed by atoms with Crippen LogP contribution in [0.3, 0.4) is 0 Å². The minimum atomic E-state index is -1.09. The van der Waals surface area contributed by atoms with Crippen molar-refractivity contribution in [3.63, 3.8) is 0 Å². The number of carbonyl (C=O) groups excluding carboxylic acids is 4. The summed E-state index contributed by atoms with van der Waals surface area (Å²) in [5.41, 5.74) is 1.16. The molecule has 0 saturated carbocycles. The van der Waals surface area contributed by atoms with Crippen molar-refractivity contribution >= 4 is 29.6 Å². The molecule has 2 heterocycles. The van der Waals surface area contributed by atoms with Gasteiger partial charge in [-0.15, -0.1) is 0 Å². The lowest BCUT2D eigenvalue weighted by atomic mass is 9.91. The molecule has 2 aromatic carbocycles. The molecule has 2 N–H and O–H groups in total. The van der Waals surface area contributed by atoms with Gasteiger partial charge in [-0.05, 0) is 76.1 Å². The van der Waals surface area contributed by atoms with E-state index in [1.54, 1.807) is 75.1 Å². The summed E-state index contributed by atoms with van der Waals surface area (Å²) in [6, 6.07) is 12.2. The number of carbonyl (C=O) groups is 4. The number of halogens is 1. The van der Waals surface area contributed by atoms with E-state index in [0.29, 0.717) is 28.3 Å². The number of benzene rings is 2. The van der Waals surface area contributed by atoms with Crippen molar-refractivity contribution in [3.05, 3.63) is 93.2 Å². The Morgan fingerprint density at radius 2 is 1.67 bits per heavy atom. The molecule has 0 aliphatic carbocycles. The fourth-order valence-corrected chi connectivity index (χ4v) is 5.65. The summed E-state index contributed by atoms with van der Waals surface area (Å²) in [6.45, 7) is 12.4. The summed E-state index contributed by atoms with van der Waals surface area (Å²) in [7, 11) is 1.45. The zero-order chi connectivity index (χ0) is 37.7. The molecular formula is C38H47FN4O8. The van der Waals surface area contributed by atoms with Gasteiger partial charge < -0.3 is 29.4 Å². The number of nitrogens with zero attached hydrogens (tertiary/aromatic N) is 2. The molecule has 1 aromatic heterocycles. The standard InChI is InChI=1S/C38H47FN4O8/c1-9-49-31(44)21-50-28-16-12-25(13-17-28)19-29(40-33(45)23(2)42(8)36(48)51-37(3,4)5)35(47)43-22-38(6,7)32-30(43)20-26(34(46)41-32)18-24-10-14-27(39)15-11-24/h10-17,20,23,29H,9,18-19,21-22H2,1-8H3,(H,40,45)(H,41,46)/t23-,29-/m0/s1. The highest BCUT2D eigenvalue weighted by Crippen LogP contribution is 2.39. The van der Waals surface area contributed by atoms with Crippen LogP contribution in [-0.4, -0.2) is 78.3 Å². The Bertz CT molecular complexity index is 1800. The van der Waals surface area contributed by atoms with Gasteiger partial charge in [0.2, 0.25) is 11.8 Å². The molecule has 274 valence electrons. The van der Waals surface area contributed by atoms with Crippen molar-refractivity contribution in [1.29, 1.82) is 0 Å². The van der Waals surface area contributed by atoms with Gasteiger partial charge in [-0.25, -0.2) is 14.0 Å². The predicted octanol–water partition coefficient (Wildman–Crippen LogP) is 4.65. The lowest BCUT2D eigenvalue weighted by molar-refractivity contribution is -0.145. The normalized spacial score (nSPS) is 14.6. The maximum absolute atomic E-state index is 14.5. The smallest absolute Gasteiger partial charge is 0.410 e. The predicted molar refractivity (Wildman–Crippen MR) is 189 cm³/mol. The van der Waals surface area contributed by atoms with E-state index >= 15 is 0 Å². The summed E-state index contributed by atoms with van der Waals surface area (Å²) >= 11 is 0.